The first-order valence-electron chi connectivity index (χ1n) is 9.67. The number of alkyl halides is 2. The molecule has 0 saturated carbocycles. The zero-order valence-corrected chi connectivity index (χ0v) is 16.2. The van der Waals surface area contributed by atoms with E-state index < -0.39 is 12.7 Å². The summed E-state index contributed by atoms with van der Waals surface area (Å²) in [6.07, 6.45) is 4.56. The standard InChI is InChI=1S/C21H22F2N4O3/c22-21(23)30-16-5-3-15(4-6-16)18(28)14-25-10-12-27(13-11-25)20(29)17-2-1-8-26-9-7-24-19(17)26/h1-9,18,21,28H,10-14H2. The maximum atomic E-state index is 12.9. The maximum Gasteiger partial charge on any atom is 0.387 e. The number of aliphatic hydroxyl groups excluding tert-OH is 1. The van der Waals surface area contributed by atoms with E-state index in [1.165, 1.54) is 12.1 Å². The van der Waals surface area contributed by atoms with Gasteiger partial charge < -0.3 is 19.1 Å². The summed E-state index contributed by atoms with van der Waals surface area (Å²) in [7, 11) is 0. The Morgan fingerprint density at radius 1 is 1.10 bits per heavy atom. The average molecular weight is 416 g/mol. The number of aromatic nitrogens is 2. The molecule has 158 valence electrons. The number of aliphatic hydroxyl groups is 1. The Kier molecular flexibility index (Phi) is 5.91. The Balaban J connectivity index is 1.32. The van der Waals surface area contributed by atoms with Crippen LogP contribution in [0.25, 0.3) is 5.65 Å². The zero-order valence-electron chi connectivity index (χ0n) is 16.2. The predicted molar refractivity (Wildman–Crippen MR) is 106 cm³/mol. The van der Waals surface area contributed by atoms with Crippen molar-refractivity contribution >= 4 is 11.6 Å². The highest BCUT2D eigenvalue weighted by molar-refractivity contribution is 5.99. The fraction of sp³-hybridized carbons (Fsp3) is 0.333. The lowest BCUT2D eigenvalue weighted by molar-refractivity contribution is -0.0498. The lowest BCUT2D eigenvalue weighted by Crippen LogP contribution is -2.49. The molecule has 1 fully saturated rings. The molecule has 1 atom stereocenters. The first kappa shape index (κ1) is 20.2. The molecule has 1 unspecified atom stereocenters. The second kappa shape index (κ2) is 8.76. The first-order valence-corrected chi connectivity index (χ1v) is 9.67. The highest BCUT2D eigenvalue weighted by atomic mass is 19.3. The highest BCUT2D eigenvalue weighted by Gasteiger charge is 2.25. The number of β-amino-alcohol motifs (C(OH)–C–C–N with tert-alkyl or cyclic N) is 1. The van der Waals surface area contributed by atoms with E-state index in [2.05, 4.69) is 14.6 Å². The van der Waals surface area contributed by atoms with Crippen LogP contribution in [0.3, 0.4) is 0 Å². The molecule has 0 bridgehead atoms. The van der Waals surface area contributed by atoms with Crippen LogP contribution in [0.15, 0.2) is 55.0 Å². The van der Waals surface area contributed by atoms with Crippen LogP contribution in [0.1, 0.15) is 22.0 Å². The Bertz CT molecular complexity index is 1000. The van der Waals surface area contributed by atoms with Gasteiger partial charge in [0, 0.05) is 51.3 Å². The van der Waals surface area contributed by atoms with Gasteiger partial charge in [0.05, 0.1) is 11.7 Å². The van der Waals surface area contributed by atoms with Crippen molar-refractivity contribution in [3.63, 3.8) is 0 Å². The summed E-state index contributed by atoms with van der Waals surface area (Å²) in [4.78, 5) is 21.0. The Labute approximate surface area is 172 Å². The molecule has 0 spiro atoms. The number of carbonyl (C=O) groups is 1. The number of hydrogen-bond acceptors (Lipinski definition) is 5. The van der Waals surface area contributed by atoms with Gasteiger partial charge in [-0.15, -0.1) is 0 Å². The second-order valence-corrected chi connectivity index (χ2v) is 7.14. The summed E-state index contributed by atoms with van der Waals surface area (Å²) in [5.74, 6) is 0.00203. The molecule has 1 aliphatic rings. The zero-order chi connectivity index (χ0) is 21.1. The van der Waals surface area contributed by atoms with Gasteiger partial charge in [-0.1, -0.05) is 12.1 Å². The molecule has 1 amide bonds. The molecule has 30 heavy (non-hydrogen) atoms. The third kappa shape index (κ3) is 4.42. The molecular formula is C21H22F2N4O3. The summed E-state index contributed by atoms with van der Waals surface area (Å²) in [6, 6.07) is 9.59. The maximum absolute atomic E-state index is 12.9. The van der Waals surface area contributed by atoms with Gasteiger partial charge >= 0.3 is 6.61 Å². The quantitative estimate of drug-likeness (QED) is 0.669. The molecular weight excluding hydrogens is 394 g/mol. The predicted octanol–water partition coefficient (Wildman–Crippen LogP) is 2.43. The van der Waals surface area contributed by atoms with Crippen LogP contribution < -0.4 is 4.74 Å². The monoisotopic (exact) mass is 416 g/mol. The Hall–Kier alpha value is -3.04. The summed E-state index contributed by atoms with van der Waals surface area (Å²) >= 11 is 0. The van der Waals surface area contributed by atoms with Crippen LogP contribution in [-0.2, 0) is 0 Å². The molecule has 9 heteroatoms. The fourth-order valence-electron chi connectivity index (χ4n) is 3.64. The smallest absolute Gasteiger partial charge is 0.387 e. The van der Waals surface area contributed by atoms with Crippen molar-refractivity contribution in [2.24, 2.45) is 0 Å². The number of nitrogens with zero attached hydrogens (tertiary/aromatic N) is 4. The molecule has 2 aromatic heterocycles. The number of pyridine rings is 1. The van der Waals surface area contributed by atoms with Crippen molar-refractivity contribution in [3.8, 4) is 5.75 Å². The lowest BCUT2D eigenvalue weighted by atomic mass is 10.1. The van der Waals surface area contributed by atoms with E-state index in [1.54, 1.807) is 35.5 Å². The minimum atomic E-state index is -2.87. The summed E-state index contributed by atoms with van der Waals surface area (Å²) < 4.78 is 30.6. The van der Waals surface area contributed by atoms with Gasteiger partial charge in [-0.25, -0.2) is 4.98 Å². The molecule has 1 aliphatic heterocycles. The van der Waals surface area contributed by atoms with Gasteiger partial charge in [-0.3, -0.25) is 9.69 Å². The molecule has 0 radical (unpaired) electrons. The molecule has 7 nitrogen and oxygen atoms in total. The topological polar surface area (TPSA) is 70.3 Å². The largest absolute Gasteiger partial charge is 0.435 e. The van der Waals surface area contributed by atoms with Crippen LogP contribution in [-0.4, -0.2) is 69.5 Å². The van der Waals surface area contributed by atoms with Gasteiger partial charge in [0.25, 0.3) is 5.91 Å². The lowest BCUT2D eigenvalue weighted by Gasteiger charge is -2.35. The number of benzene rings is 1. The normalized spacial score (nSPS) is 16.2. The summed E-state index contributed by atoms with van der Waals surface area (Å²) in [5.41, 5.74) is 1.84. The second-order valence-electron chi connectivity index (χ2n) is 7.14. The molecule has 1 N–H and O–H groups in total. The van der Waals surface area contributed by atoms with E-state index in [9.17, 15) is 18.7 Å². The molecule has 0 aliphatic carbocycles. The molecule has 4 rings (SSSR count). The third-order valence-corrected chi connectivity index (χ3v) is 5.23. The number of halogens is 2. The van der Waals surface area contributed by atoms with Crippen molar-refractivity contribution in [3.05, 3.63) is 66.1 Å². The first-order chi connectivity index (χ1) is 14.5. The van der Waals surface area contributed by atoms with Crippen LogP contribution in [0.5, 0.6) is 5.75 Å². The average Bonchev–Trinajstić information content (AvgIpc) is 3.23. The van der Waals surface area contributed by atoms with Crippen LogP contribution in [0.2, 0.25) is 0 Å². The highest BCUT2D eigenvalue weighted by Crippen LogP contribution is 2.21. The van der Waals surface area contributed by atoms with Crippen molar-refractivity contribution in [2.45, 2.75) is 12.7 Å². The van der Waals surface area contributed by atoms with E-state index in [0.29, 0.717) is 49.5 Å². The number of fused-ring (bicyclic) bond motifs is 1. The molecule has 3 aromatic rings. The van der Waals surface area contributed by atoms with Crippen molar-refractivity contribution in [2.75, 3.05) is 32.7 Å². The van der Waals surface area contributed by atoms with Crippen molar-refractivity contribution in [1.29, 1.82) is 0 Å². The number of carbonyl (C=O) groups excluding carboxylic acids is 1. The number of piperazine rings is 1. The fourth-order valence-corrected chi connectivity index (χ4v) is 3.64. The van der Waals surface area contributed by atoms with Crippen LogP contribution in [0, 0.1) is 0 Å². The molecule has 3 heterocycles. The third-order valence-electron chi connectivity index (χ3n) is 5.23. The minimum absolute atomic E-state index is 0.0541. The number of amides is 1. The van der Waals surface area contributed by atoms with E-state index in [1.807, 2.05) is 16.7 Å². The van der Waals surface area contributed by atoms with E-state index in [4.69, 9.17) is 0 Å². The van der Waals surface area contributed by atoms with Crippen molar-refractivity contribution < 1.29 is 23.4 Å². The van der Waals surface area contributed by atoms with Gasteiger partial charge in [0.1, 0.15) is 11.4 Å². The van der Waals surface area contributed by atoms with E-state index >= 15 is 0 Å². The number of imidazole rings is 1. The number of ether oxygens (including phenoxy) is 1. The van der Waals surface area contributed by atoms with Crippen LogP contribution >= 0.6 is 0 Å². The van der Waals surface area contributed by atoms with Gasteiger partial charge in [0.15, 0.2) is 0 Å². The molecule has 1 saturated heterocycles. The Morgan fingerprint density at radius 2 is 1.83 bits per heavy atom. The Morgan fingerprint density at radius 3 is 2.53 bits per heavy atom. The SMILES string of the molecule is O=C(c1cccn2ccnc12)N1CCN(CC(O)c2ccc(OC(F)F)cc2)CC1. The number of rotatable bonds is 6. The van der Waals surface area contributed by atoms with Gasteiger partial charge in [-0.2, -0.15) is 8.78 Å². The van der Waals surface area contributed by atoms with Gasteiger partial charge in [-0.05, 0) is 29.8 Å². The van der Waals surface area contributed by atoms with E-state index in [0.717, 1.165) is 0 Å². The van der Waals surface area contributed by atoms with Crippen LogP contribution in [0.4, 0.5) is 8.78 Å². The van der Waals surface area contributed by atoms with Crippen molar-refractivity contribution in [1.82, 2.24) is 19.2 Å². The van der Waals surface area contributed by atoms with E-state index in [-0.39, 0.29) is 11.7 Å². The van der Waals surface area contributed by atoms with Gasteiger partial charge in [0.2, 0.25) is 0 Å². The number of hydrogen-bond donors (Lipinski definition) is 1. The summed E-state index contributed by atoms with van der Waals surface area (Å²) in [5, 5.41) is 10.5. The molecule has 1 aromatic carbocycles. The summed E-state index contributed by atoms with van der Waals surface area (Å²) in [6.45, 7) is -0.115. The minimum Gasteiger partial charge on any atom is -0.435 e.